The summed E-state index contributed by atoms with van der Waals surface area (Å²) < 4.78 is 33.0. The Kier molecular flexibility index (Phi) is 5.72. The van der Waals surface area contributed by atoms with Gasteiger partial charge < -0.3 is 15.2 Å². The van der Waals surface area contributed by atoms with E-state index in [1.54, 1.807) is 13.2 Å². The Bertz CT molecular complexity index is 874. The first-order valence-corrected chi connectivity index (χ1v) is 11.0. The van der Waals surface area contributed by atoms with Crippen LogP contribution >= 0.6 is 11.6 Å². The van der Waals surface area contributed by atoms with Crippen molar-refractivity contribution in [1.29, 1.82) is 0 Å². The van der Waals surface area contributed by atoms with Gasteiger partial charge in [0.15, 0.2) is 5.69 Å². The molecule has 28 heavy (non-hydrogen) atoms. The van der Waals surface area contributed by atoms with Crippen molar-refractivity contribution >= 4 is 34.0 Å². The van der Waals surface area contributed by atoms with Crippen molar-refractivity contribution in [1.82, 2.24) is 19.4 Å². The first kappa shape index (κ1) is 21.0. The molecule has 2 bridgehead atoms. The van der Waals surface area contributed by atoms with Crippen LogP contribution in [-0.4, -0.2) is 77.6 Å². The van der Waals surface area contributed by atoms with Crippen molar-refractivity contribution in [3.63, 3.8) is 0 Å². The smallest absolute Gasteiger partial charge is 0.290 e. The summed E-state index contributed by atoms with van der Waals surface area (Å²) in [6.45, 7) is 1.06. The van der Waals surface area contributed by atoms with E-state index in [4.69, 9.17) is 26.2 Å². The number of nitrogens with one attached hydrogen (secondary N) is 1. The number of nitrogens with zero attached hydrogens (tertiary/aromatic N) is 3. The predicted octanol–water partition coefficient (Wildman–Crippen LogP) is -0.0569. The van der Waals surface area contributed by atoms with Crippen molar-refractivity contribution in [3.05, 3.63) is 16.9 Å². The van der Waals surface area contributed by atoms with Crippen molar-refractivity contribution in [2.45, 2.75) is 24.5 Å². The number of carbonyl (C=O) groups excluding carboxylic acids is 1. The molecule has 0 unspecified atom stereocenters. The second-order valence-electron chi connectivity index (χ2n) is 7.40. The fraction of sp³-hybridized carbons (Fsp3) is 0.688. The van der Waals surface area contributed by atoms with E-state index in [9.17, 15) is 13.2 Å². The van der Waals surface area contributed by atoms with Crippen LogP contribution in [0.1, 0.15) is 23.3 Å². The minimum atomic E-state index is -3.24. The molecule has 0 aromatic carbocycles. The summed E-state index contributed by atoms with van der Waals surface area (Å²) in [5.41, 5.74) is -0.182. The fourth-order valence-corrected chi connectivity index (χ4v) is 5.73. The molecule has 3 saturated heterocycles. The molecule has 10 nitrogen and oxygen atoms in total. The largest absolute Gasteiger partial charge is 0.483 e. The molecule has 1 aromatic heterocycles. The first-order valence-electron chi connectivity index (χ1n) is 8.79. The van der Waals surface area contributed by atoms with Gasteiger partial charge in [-0.3, -0.25) is 14.3 Å². The zero-order chi connectivity index (χ0) is 20.7. The maximum Gasteiger partial charge on any atom is 0.290 e. The highest BCUT2D eigenvalue weighted by Gasteiger charge is 2.63. The number of aromatic nitrogens is 2. The van der Waals surface area contributed by atoms with Crippen LogP contribution in [0.3, 0.4) is 0 Å². The van der Waals surface area contributed by atoms with Crippen LogP contribution < -0.4 is 5.32 Å². The van der Waals surface area contributed by atoms with E-state index >= 15 is 0 Å². The lowest BCUT2D eigenvalue weighted by atomic mass is 9.73. The standard InChI is InChI=1S/C15H21ClN4O4S.CH2O2/c1-19-7-11(16)13(18-19)14(21)17-5-9-10-6-20(25(2,22)23)8-15(10)4-3-12(9)24-15;2-1-3/h7,9-10,12H,3-6,8H2,1-2H3,(H,17,21);1H,(H,2,3)/t9-,10+,12+,15+;/m0./s1. The highest BCUT2D eigenvalue weighted by molar-refractivity contribution is 7.88. The van der Waals surface area contributed by atoms with Crippen LogP contribution in [0.2, 0.25) is 5.02 Å². The van der Waals surface area contributed by atoms with Crippen molar-refractivity contribution in [2.24, 2.45) is 18.9 Å². The lowest BCUT2D eigenvalue weighted by Gasteiger charge is -2.29. The van der Waals surface area contributed by atoms with Gasteiger partial charge in [0.2, 0.25) is 10.0 Å². The minimum absolute atomic E-state index is 0.0752. The predicted molar refractivity (Wildman–Crippen MR) is 99.5 cm³/mol. The average molecular weight is 435 g/mol. The summed E-state index contributed by atoms with van der Waals surface area (Å²) >= 11 is 6.01. The molecule has 3 fully saturated rings. The number of ether oxygens (including phenoxy) is 1. The van der Waals surface area contributed by atoms with Gasteiger partial charge in [0.1, 0.15) is 0 Å². The van der Waals surface area contributed by atoms with Gasteiger partial charge in [0, 0.05) is 44.7 Å². The lowest BCUT2D eigenvalue weighted by Crippen LogP contribution is -2.42. The summed E-state index contributed by atoms with van der Waals surface area (Å²) in [6.07, 6.45) is 4.67. The summed E-state index contributed by atoms with van der Waals surface area (Å²) in [4.78, 5) is 20.7. The molecule has 4 rings (SSSR count). The third kappa shape index (κ3) is 3.76. The molecule has 0 aliphatic carbocycles. The molecule has 4 heterocycles. The molecule has 12 heteroatoms. The molecule has 3 aliphatic rings. The van der Waals surface area contributed by atoms with E-state index in [2.05, 4.69) is 10.4 Å². The van der Waals surface area contributed by atoms with Crippen LogP contribution in [0, 0.1) is 11.8 Å². The Morgan fingerprint density at radius 1 is 1.57 bits per heavy atom. The van der Waals surface area contributed by atoms with Crippen LogP contribution in [-0.2, 0) is 26.6 Å². The number of carboxylic acid groups (broad SMARTS) is 1. The van der Waals surface area contributed by atoms with Gasteiger partial charge in [-0.1, -0.05) is 11.6 Å². The Labute approximate surface area is 167 Å². The molecule has 0 saturated carbocycles. The van der Waals surface area contributed by atoms with Crippen molar-refractivity contribution in [2.75, 3.05) is 25.9 Å². The van der Waals surface area contributed by atoms with E-state index < -0.39 is 10.0 Å². The second kappa shape index (κ2) is 7.62. The van der Waals surface area contributed by atoms with Crippen molar-refractivity contribution in [3.8, 4) is 0 Å². The number of aryl methyl sites for hydroxylation is 1. The quantitative estimate of drug-likeness (QED) is 0.635. The van der Waals surface area contributed by atoms with Gasteiger partial charge in [-0.15, -0.1) is 0 Å². The Morgan fingerprint density at radius 3 is 2.82 bits per heavy atom. The van der Waals surface area contributed by atoms with Crippen molar-refractivity contribution < 1.29 is 27.9 Å². The van der Waals surface area contributed by atoms with Gasteiger partial charge in [0.05, 0.1) is 23.0 Å². The Morgan fingerprint density at radius 2 is 2.25 bits per heavy atom. The topological polar surface area (TPSA) is 131 Å². The Hall–Kier alpha value is -1.69. The molecule has 1 aromatic rings. The third-order valence-electron chi connectivity index (χ3n) is 5.72. The fourth-order valence-electron chi connectivity index (χ4n) is 4.58. The summed E-state index contributed by atoms with van der Waals surface area (Å²) in [7, 11) is -1.54. The number of hydrogen-bond donors (Lipinski definition) is 2. The normalized spacial score (nSPS) is 31.2. The molecule has 3 aliphatic heterocycles. The molecule has 1 spiro atoms. The van der Waals surface area contributed by atoms with E-state index in [1.165, 1.54) is 15.2 Å². The number of fused-ring (bicyclic) bond motifs is 1. The maximum atomic E-state index is 12.3. The van der Waals surface area contributed by atoms with Gasteiger partial charge >= 0.3 is 0 Å². The number of hydrogen-bond acceptors (Lipinski definition) is 6. The first-order chi connectivity index (χ1) is 13.1. The molecular weight excluding hydrogens is 412 g/mol. The van der Waals surface area contributed by atoms with E-state index in [0.717, 1.165) is 12.8 Å². The zero-order valence-electron chi connectivity index (χ0n) is 15.5. The monoisotopic (exact) mass is 434 g/mol. The summed E-state index contributed by atoms with van der Waals surface area (Å²) in [6, 6.07) is 0. The molecule has 1 amide bonds. The van der Waals surface area contributed by atoms with E-state index in [0.29, 0.717) is 24.7 Å². The second-order valence-corrected chi connectivity index (χ2v) is 9.79. The van der Waals surface area contributed by atoms with Gasteiger partial charge in [-0.2, -0.15) is 9.40 Å². The molecule has 4 atom stereocenters. The Balaban J connectivity index is 0.000000706. The van der Waals surface area contributed by atoms with Crippen LogP contribution in [0.15, 0.2) is 6.20 Å². The number of halogens is 1. The lowest BCUT2D eigenvalue weighted by molar-refractivity contribution is -0.122. The minimum Gasteiger partial charge on any atom is -0.483 e. The van der Waals surface area contributed by atoms with E-state index in [-0.39, 0.29) is 41.6 Å². The molecule has 2 N–H and O–H groups in total. The van der Waals surface area contributed by atoms with Crippen LogP contribution in [0.4, 0.5) is 0 Å². The van der Waals surface area contributed by atoms with Crippen LogP contribution in [0.25, 0.3) is 0 Å². The highest BCUT2D eigenvalue weighted by atomic mass is 35.5. The zero-order valence-corrected chi connectivity index (χ0v) is 17.1. The third-order valence-corrected chi connectivity index (χ3v) is 7.21. The van der Waals surface area contributed by atoms with Gasteiger partial charge in [0.25, 0.3) is 12.4 Å². The summed E-state index contributed by atoms with van der Waals surface area (Å²) in [5.74, 6) is -0.104. The summed E-state index contributed by atoms with van der Waals surface area (Å²) in [5, 5.41) is 14.2. The number of sulfonamides is 1. The number of carbonyl (C=O) groups is 2. The molecular formula is C16H23ClN4O6S. The molecule has 0 radical (unpaired) electrons. The van der Waals surface area contributed by atoms with Gasteiger partial charge in [-0.05, 0) is 12.8 Å². The van der Waals surface area contributed by atoms with Crippen LogP contribution in [0.5, 0.6) is 0 Å². The average Bonchev–Trinajstić information content (AvgIpc) is 3.32. The molecule has 156 valence electrons. The van der Waals surface area contributed by atoms with Gasteiger partial charge in [-0.25, -0.2) is 8.42 Å². The highest BCUT2D eigenvalue weighted by Crippen LogP contribution is 2.55. The maximum absolute atomic E-state index is 12.3. The SMILES string of the molecule is Cn1cc(Cl)c(C(=O)NC[C@H]2[C@H]3CN(S(C)(=O)=O)C[C@]34CC[C@H]2O4)n1.O=CO. The number of amides is 1. The number of rotatable bonds is 4. The van der Waals surface area contributed by atoms with E-state index in [1.807, 2.05) is 0 Å².